The number of aromatic nitrogens is 2. The Bertz CT molecular complexity index is 911. The summed E-state index contributed by atoms with van der Waals surface area (Å²) in [6.45, 7) is 6.02. The molecule has 0 aliphatic carbocycles. The van der Waals surface area contributed by atoms with Gasteiger partial charge < -0.3 is 15.7 Å². The minimum atomic E-state index is -0.260. The molecule has 0 saturated carbocycles. The molecule has 1 fully saturated rings. The van der Waals surface area contributed by atoms with Crippen LogP contribution in [0.15, 0.2) is 60.8 Å². The van der Waals surface area contributed by atoms with Gasteiger partial charge in [-0.25, -0.2) is 0 Å². The lowest BCUT2D eigenvalue weighted by Gasteiger charge is -2.14. The zero-order valence-corrected chi connectivity index (χ0v) is 18.2. The van der Waals surface area contributed by atoms with Gasteiger partial charge in [-0.3, -0.25) is 4.68 Å². The molecule has 30 heavy (non-hydrogen) atoms. The summed E-state index contributed by atoms with van der Waals surface area (Å²) in [5.74, 6) is 0.265. The zero-order valence-electron chi connectivity index (χ0n) is 17.4. The third kappa shape index (κ3) is 5.49. The van der Waals surface area contributed by atoms with Crippen molar-refractivity contribution in [3.8, 4) is 11.3 Å². The van der Waals surface area contributed by atoms with E-state index in [-0.39, 0.29) is 24.4 Å². The molecule has 5 nitrogen and oxygen atoms in total. The topological polar surface area (TPSA) is 62.1 Å². The molecule has 2 aromatic carbocycles. The van der Waals surface area contributed by atoms with Crippen LogP contribution < -0.4 is 10.6 Å². The monoisotopic (exact) mass is 426 g/mol. The quantitative estimate of drug-likeness (QED) is 0.517. The minimum Gasteiger partial charge on any atom is -0.391 e. The summed E-state index contributed by atoms with van der Waals surface area (Å²) in [5.41, 5.74) is 5.93. The van der Waals surface area contributed by atoms with Crippen LogP contribution in [0.1, 0.15) is 23.6 Å². The number of aliphatic hydroxyl groups excluding tert-OH is 1. The molecule has 1 saturated heterocycles. The summed E-state index contributed by atoms with van der Waals surface area (Å²) in [7, 11) is 0. The summed E-state index contributed by atoms with van der Waals surface area (Å²) in [4.78, 5) is 0. The van der Waals surface area contributed by atoms with E-state index >= 15 is 0 Å². The van der Waals surface area contributed by atoms with Gasteiger partial charge >= 0.3 is 0 Å². The van der Waals surface area contributed by atoms with Crippen LogP contribution >= 0.6 is 12.4 Å². The molecule has 6 heteroatoms. The van der Waals surface area contributed by atoms with Crippen LogP contribution in [0.4, 0.5) is 0 Å². The number of nitrogens with zero attached hydrogens (tertiary/aromatic N) is 2. The molecule has 2 atom stereocenters. The first-order valence-electron chi connectivity index (χ1n) is 10.5. The predicted octanol–water partition coefficient (Wildman–Crippen LogP) is 3.25. The third-order valence-corrected chi connectivity index (χ3v) is 5.69. The molecule has 2 heterocycles. The van der Waals surface area contributed by atoms with Crippen molar-refractivity contribution in [2.24, 2.45) is 5.92 Å². The van der Waals surface area contributed by atoms with Crippen molar-refractivity contribution in [1.82, 2.24) is 20.4 Å². The van der Waals surface area contributed by atoms with Gasteiger partial charge in [0.1, 0.15) is 0 Å². The summed E-state index contributed by atoms with van der Waals surface area (Å²) in [6.07, 6.45) is 2.92. The second kappa shape index (κ2) is 10.7. The summed E-state index contributed by atoms with van der Waals surface area (Å²) >= 11 is 0. The number of aryl methyl sites for hydroxylation is 1. The summed E-state index contributed by atoms with van der Waals surface area (Å²) < 4.78 is 2.03. The molecule has 2 unspecified atom stereocenters. The summed E-state index contributed by atoms with van der Waals surface area (Å²) in [6, 6.07) is 19.1. The molecular formula is C24H31ClN4O. The Hall–Kier alpha value is -2.18. The third-order valence-electron chi connectivity index (χ3n) is 5.69. The van der Waals surface area contributed by atoms with Gasteiger partial charge in [-0.2, -0.15) is 5.10 Å². The maximum absolute atomic E-state index is 10.0. The molecule has 0 amide bonds. The second-order valence-corrected chi connectivity index (χ2v) is 7.85. The lowest BCUT2D eigenvalue weighted by atomic mass is 10.0. The SMILES string of the molecule is CCc1ccc(-c2nn(Cc3ccccc3)cc2CNCC2CNCC2O)cc1.Cl. The molecule has 3 N–H and O–H groups in total. The number of rotatable bonds is 8. The number of halogens is 1. The fourth-order valence-corrected chi connectivity index (χ4v) is 3.90. The number of hydrogen-bond acceptors (Lipinski definition) is 4. The van der Waals surface area contributed by atoms with Crippen LogP contribution in [0.5, 0.6) is 0 Å². The molecule has 1 aromatic heterocycles. The number of nitrogens with one attached hydrogen (secondary N) is 2. The van der Waals surface area contributed by atoms with Gasteiger partial charge in [-0.15, -0.1) is 12.4 Å². The average Bonchev–Trinajstić information content (AvgIpc) is 3.35. The van der Waals surface area contributed by atoms with Crippen molar-refractivity contribution >= 4 is 12.4 Å². The molecule has 160 valence electrons. The van der Waals surface area contributed by atoms with E-state index in [4.69, 9.17) is 5.10 Å². The van der Waals surface area contributed by atoms with Crippen molar-refractivity contribution in [3.63, 3.8) is 0 Å². The standard InChI is InChI=1S/C24H30N4O.ClH/c1-2-18-8-10-20(11-9-18)24-22(14-25-12-21-13-26-15-23(21)29)17-28(27-24)16-19-6-4-3-5-7-19;/h3-11,17,21,23,25-26,29H,2,12-16H2,1H3;1H. The van der Waals surface area contributed by atoms with Crippen LogP contribution in [0.3, 0.4) is 0 Å². The fraction of sp³-hybridized carbons (Fsp3) is 0.375. The van der Waals surface area contributed by atoms with E-state index in [2.05, 4.69) is 72.3 Å². The van der Waals surface area contributed by atoms with Crippen LogP contribution in [0.25, 0.3) is 11.3 Å². The molecule has 0 radical (unpaired) electrons. The molecule has 3 aromatic rings. The highest BCUT2D eigenvalue weighted by Crippen LogP contribution is 2.23. The largest absolute Gasteiger partial charge is 0.391 e. The predicted molar refractivity (Wildman–Crippen MR) is 124 cm³/mol. The second-order valence-electron chi connectivity index (χ2n) is 7.85. The smallest absolute Gasteiger partial charge is 0.0968 e. The number of benzene rings is 2. The Labute approximate surface area is 184 Å². The van der Waals surface area contributed by atoms with Gasteiger partial charge in [0.2, 0.25) is 0 Å². The number of β-amino-alcohol motifs (C(OH)–C–C–N with tert-alkyl or cyclic N) is 1. The maximum atomic E-state index is 10.0. The van der Waals surface area contributed by atoms with E-state index in [0.717, 1.165) is 43.9 Å². The van der Waals surface area contributed by atoms with Gasteiger partial charge in [0.25, 0.3) is 0 Å². The van der Waals surface area contributed by atoms with Crippen molar-refractivity contribution in [1.29, 1.82) is 0 Å². The molecule has 0 spiro atoms. The van der Waals surface area contributed by atoms with Gasteiger partial charge in [0, 0.05) is 49.4 Å². The molecule has 1 aliphatic heterocycles. The van der Waals surface area contributed by atoms with Crippen LogP contribution in [0, 0.1) is 5.92 Å². The number of aliphatic hydroxyl groups is 1. The Kier molecular flexibility index (Phi) is 8.05. The normalized spacial score (nSPS) is 18.3. The minimum absolute atomic E-state index is 0. The van der Waals surface area contributed by atoms with E-state index in [1.165, 1.54) is 16.7 Å². The van der Waals surface area contributed by atoms with Crippen LogP contribution in [-0.2, 0) is 19.5 Å². The first kappa shape index (κ1) is 22.5. The van der Waals surface area contributed by atoms with E-state index in [1.54, 1.807) is 0 Å². The summed E-state index contributed by atoms with van der Waals surface area (Å²) in [5, 5.41) is 21.7. The lowest BCUT2D eigenvalue weighted by Crippen LogP contribution is -2.30. The van der Waals surface area contributed by atoms with E-state index in [0.29, 0.717) is 6.54 Å². The highest BCUT2D eigenvalue weighted by Gasteiger charge is 2.24. The van der Waals surface area contributed by atoms with Gasteiger partial charge in [0.05, 0.1) is 18.3 Å². The van der Waals surface area contributed by atoms with Crippen molar-refractivity contribution < 1.29 is 5.11 Å². The molecule has 4 rings (SSSR count). The van der Waals surface area contributed by atoms with Crippen LogP contribution in [0.2, 0.25) is 0 Å². The Morgan fingerprint density at radius 3 is 2.50 bits per heavy atom. The van der Waals surface area contributed by atoms with Crippen molar-refractivity contribution in [3.05, 3.63) is 77.5 Å². The lowest BCUT2D eigenvalue weighted by molar-refractivity contribution is 0.146. The first-order chi connectivity index (χ1) is 14.2. The van der Waals surface area contributed by atoms with Gasteiger partial charge in [0.15, 0.2) is 0 Å². The van der Waals surface area contributed by atoms with Crippen molar-refractivity contribution in [2.45, 2.75) is 32.5 Å². The highest BCUT2D eigenvalue weighted by molar-refractivity contribution is 5.85. The fourth-order valence-electron chi connectivity index (χ4n) is 3.90. The van der Waals surface area contributed by atoms with E-state index in [9.17, 15) is 5.11 Å². The highest BCUT2D eigenvalue weighted by atomic mass is 35.5. The van der Waals surface area contributed by atoms with E-state index < -0.39 is 0 Å². The average molecular weight is 427 g/mol. The Balaban J connectivity index is 0.00000256. The van der Waals surface area contributed by atoms with Gasteiger partial charge in [-0.1, -0.05) is 61.5 Å². The van der Waals surface area contributed by atoms with Crippen molar-refractivity contribution in [2.75, 3.05) is 19.6 Å². The Morgan fingerprint density at radius 2 is 1.83 bits per heavy atom. The van der Waals surface area contributed by atoms with Gasteiger partial charge in [-0.05, 0) is 17.5 Å². The van der Waals surface area contributed by atoms with Crippen LogP contribution in [-0.4, -0.2) is 40.6 Å². The maximum Gasteiger partial charge on any atom is 0.0968 e. The molecule has 1 aliphatic rings. The zero-order chi connectivity index (χ0) is 20.1. The molecular weight excluding hydrogens is 396 g/mol. The number of hydrogen-bond donors (Lipinski definition) is 3. The first-order valence-corrected chi connectivity index (χ1v) is 10.5. The molecule has 0 bridgehead atoms. The Morgan fingerprint density at radius 1 is 1.07 bits per heavy atom. The van der Waals surface area contributed by atoms with E-state index in [1.807, 2.05) is 10.7 Å².